The van der Waals surface area contributed by atoms with Gasteiger partial charge >= 0.3 is 0 Å². The van der Waals surface area contributed by atoms with E-state index >= 15 is 0 Å². The molecule has 0 N–H and O–H groups in total. The van der Waals surface area contributed by atoms with E-state index in [0.717, 1.165) is 67.2 Å². The van der Waals surface area contributed by atoms with Gasteiger partial charge in [-0.05, 0) is 70.8 Å². The average Bonchev–Trinajstić information content (AvgIpc) is 3.71. The minimum atomic E-state index is -0.00862. The Morgan fingerprint density at radius 2 is 0.698 bits per heavy atom. The Morgan fingerprint density at radius 3 is 1.00 bits per heavy atom. The van der Waals surface area contributed by atoms with E-state index in [1.165, 1.54) is 11.7 Å². The molecule has 53 heavy (non-hydrogen) atoms. The Morgan fingerprint density at radius 1 is 0.396 bits per heavy atom. The molecule has 0 fully saturated rings. The lowest BCUT2D eigenvalue weighted by molar-refractivity contribution is -0.118. The number of hydrogen-bond acceptors (Lipinski definition) is 5. The first-order chi connectivity index (χ1) is 26.1. The molecule has 0 aliphatic rings. The number of hydrogen-bond donors (Lipinski definition) is 0. The first-order valence-corrected chi connectivity index (χ1v) is 18.2. The van der Waals surface area contributed by atoms with E-state index < -0.39 is 0 Å². The van der Waals surface area contributed by atoms with Crippen LogP contribution in [-0.4, -0.2) is 20.6 Å². The van der Waals surface area contributed by atoms with Gasteiger partial charge in [0.1, 0.15) is 11.0 Å². The summed E-state index contributed by atoms with van der Waals surface area (Å²) in [5.41, 5.74) is 10.8. The number of carbonyl (C=O) groups is 2. The molecule has 8 rings (SSSR count). The minimum Gasteiger partial charge on any atom is -0.281 e. The van der Waals surface area contributed by atoms with Crippen LogP contribution in [0.15, 0.2) is 182 Å². The largest absolute Gasteiger partial charge is 0.281 e. The third-order valence-corrected chi connectivity index (χ3v) is 9.74. The third kappa shape index (κ3) is 7.24. The number of aromatic nitrogens is 2. The number of rotatable bonds is 10. The van der Waals surface area contributed by atoms with Crippen LogP contribution in [-0.2, 0) is 22.4 Å². The molecule has 0 saturated carbocycles. The van der Waals surface area contributed by atoms with E-state index in [1.54, 1.807) is 9.80 Å². The van der Waals surface area contributed by atoms with Gasteiger partial charge in [0.2, 0.25) is 11.8 Å². The zero-order chi connectivity index (χ0) is 36.0. The van der Waals surface area contributed by atoms with Gasteiger partial charge in [0.25, 0.3) is 0 Å². The molecule has 0 atom stereocenters. The molecular formula is C46H34N4O2S. The van der Waals surface area contributed by atoms with Crippen LogP contribution in [0.25, 0.3) is 33.3 Å². The van der Waals surface area contributed by atoms with Crippen molar-refractivity contribution in [2.75, 3.05) is 9.80 Å². The molecule has 8 aromatic rings. The van der Waals surface area contributed by atoms with Gasteiger partial charge in [-0.25, -0.2) is 0 Å². The van der Waals surface area contributed by atoms with E-state index in [0.29, 0.717) is 0 Å². The smallest absolute Gasteiger partial charge is 0.235 e. The van der Waals surface area contributed by atoms with Gasteiger partial charge < -0.3 is 0 Å². The first-order valence-electron chi connectivity index (χ1n) is 17.4. The quantitative estimate of drug-likeness (QED) is 0.142. The average molecular weight is 707 g/mol. The van der Waals surface area contributed by atoms with Crippen LogP contribution >= 0.6 is 11.7 Å². The van der Waals surface area contributed by atoms with Crippen LogP contribution in [0.3, 0.4) is 0 Å². The highest BCUT2D eigenvalue weighted by Gasteiger charge is 2.20. The van der Waals surface area contributed by atoms with E-state index in [1.807, 2.05) is 170 Å². The predicted molar refractivity (Wildman–Crippen MR) is 216 cm³/mol. The maximum absolute atomic E-state index is 13.7. The molecule has 7 aromatic carbocycles. The van der Waals surface area contributed by atoms with Crippen LogP contribution in [0.1, 0.15) is 11.1 Å². The topological polar surface area (TPSA) is 66.4 Å². The molecule has 0 spiro atoms. The molecule has 1 heterocycles. The van der Waals surface area contributed by atoms with Gasteiger partial charge in [-0.3, -0.25) is 19.4 Å². The second kappa shape index (κ2) is 15.3. The van der Waals surface area contributed by atoms with Crippen molar-refractivity contribution in [3.8, 4) is 22.3 Å². The fourth-order valence-electron chi connectivity index (χ4n) is 6.63. The fraction of sp³-hybridized carbons (Fsp3) is 0.0435. The molecule has 0 saturated heterocycles. The Bertz CT molecular complexity index is 2220. The van der Waals surface area contributed by atoms with Crippen molar-refractivity contribution in [2.45, 2.75) is 12.8 Å². The number of para-hydroxylation sites is 4. The summed E-state index contributed by atoms with van der Waals surface area (Å²) in [7, 11) is 0. The van der Waals surface area contributed by atoms with Crippen molar-refractivity contribution in [1.29, 1.82) is 0 Å². The van der Waals surface area contributed by atoms with E-state index in [2.05, 4.69) is 12.1 Å². The van der Waals surface area contributed by atoms with Crippen LogP contribution in [0.2, 0.25) is 0 Å². The molecule has 7 heteroatoms. The highest BCUT2D eigenvalue weighted by atomic mass is 32.1. The highest BCUT2D eigenvalue weighted by molar-refractivity contribution is 7.00. The summed E-state index contributed by atoms with van der Waals surface area (Å²) in [6.07, 6.45) is 0.517. The van der Waals surface area contributed by atoms with Gasteiger partial charge in [-0.2, -0.15) is 8.75 Å². The van der Waals surface area contributed by atoms with Crippen molar-refractivity contribution >= 4 is 57.3 Å². The van der Waals surface area contributed by atoms with E-state index in [9.17, 15) is 9.59 Å². The number of carbonyl (C=O) groups excluding carboxylic acids is 2. The summed E-state index contributed by atoms with van der Waals surface area (Å²) in [6.45, 7) is 0. The second-order valence-corrected chi connectivity index (χ2v) is 13.2. The monoisotopic (exact) mass is 706 g/mol. The number of benzene rings is 7. The van der Waals surface area contributed by atoms with Crippen molar-refractivity contribution in [2.24, 2.45) is 0 Å². The highest BCUT2D eigenvalue weighted by Crippen LogP contribution is 2.35. The SMILES string of the molecule is O=C(Cc1ccc(-c2ccc(-c3ccc(CC(=O)N(c4ccccc4)c4ccccc4)cc3)c3nsnc23)cc1)N(c1ccccc1)c1ccccc1. The first kappa shape index (κ1) is 33.4. The maximum Gasteiger partial charge on any atom is 0.235 e. The summed E-state index contributed by atoms with van der Waals surface area (Å²) in [6, 6.07) is 59.3. The summed E-state index contributed by atoms with van der Waals surface area (Å²) < 4.78 is 9.39. The Hall–Kier alpha value is -6.70. The Kier molecular flexibility index (Phi) is 9.64. The van der Waals surface area contributed by atoms with E-state index in [4.69, 9.17) is 8.75 Å². The van der Waals surface area contributed by atoms with Crippen LogP contribution < -0.4 is 9.80 Å². The molecule has 0 unspecified atom stereocenters. The minimum absolute atomic E-state index is 0.00862. The normalized spacial score (nSPS) is 10.9. The summed E-state index contributed by atoms with van der Waals surface area (Å²) in [4.78, 5) is 30.9. The number of amides is 2. The standard InChI is InChI=1S/C46H34N4O2S/c51-43(49(37-13-5-1-6-14-37)38-15-7-2-8-16-38)31-33-21-25-35(26-22-33)41-29-30-42(46-45(41)47-53-48-46)36-27-23-34(24-28-36)32-44(52)50(39-17-9-3-10-18-39)40-19-11-4-12-20-40/h1-30H,31-32H2. The molecule has 0 bridgehead atoms. The number of fused-ring (bicyclic) bond motifs is 1. The fourth-order valence-corrected chi connectivity index (χ4v) is 7.20. The lowest BCUT2D eigenvalue weighted by Crippen LogP contribution is -2.27. The summed E-state index contributed by atoms with van der Waals surface area (Å²) >= 11 is 1.19. The third-order valence-electron chi connectivity index (χ3n) is 9.21. The summed E-state index contributed by atoms with van der Waals surface area (Å²) in [5, 5.41) is 0. The van der Waals surface area contributed by atoms with Gasteiger partial charge in [0.15, 0.2) is 0 Å². The molecule has 0 aliphatic heterocycles. The van der Waals surface area contributed by atoms with Crippen molar-refractivity contribution < 1.29 is 9.59 Å². The zero-order valence-corrected chi connectivity index (χ0v) is 29.6. The number of nitrogens with zero attached hydrogens (tertiary/aromatic N) is 4. The lowest BCUT2D eigenvalue weighted by atomic mass is 9.96. The number of anilines is 4. The predicted octanol–water partition coefficient (Wildman–Crippen LogP) is 10.8. The van der Waals surface area contributed by atoms with Crippen LogP contribution in [0.5, 0.6) is 0 Å². The van der Waals surface area contributed by atoms with Gasteiger partial charge in [-0.15, -0.1) is 0 Å². The summed E-state index contributed by atoms with van der Waals surface area (Å²) in [5.74, 6) is -0.0172. The molecule has 0 aliphatic carbocycles. The molecule has 256 valence electrons. The zero-order valence-electron chi connectivity index (χ0n) is 28.7. The van der Waals surface area contributed by atoms with E-state index in [-0.39, 0.29) is 24.7 Å². The maximum atomic E-state index is 13.7. The Balaban J connectivity index is 0.999. The van der Waals surface area contributed by atoms with Crippen molar-refractivity contribution in [3.05, 3.63) is 193 Å². The lowest BCUT2D eigenvalue weighted by Gasteiger charge is -2.23. The van der Waals surface area contributed by atoms with Gasteiger partial charge in [0.05, 0.1) is 24.6 Å². The molecular weight excluding hydrogens is 673 g/mol. The van der Waals surface area contributed by atoms with Crippen molar-refractivity contribution in [3.63, 3.8) is 0 Å². The molecule has 6 nitrogen and oxygen atoms in total. The van der Waals surface area contributed by atoms with Gasteiger partial charge in [0, 0.05) is 33.9 Å². The Labute approximate surface area is 312 Å². The second-order valence-electron chi connectivity index (χ2n) is 12.7. The van der Waals surface area contributed by atoms with Crippen LogP contribution in [0.4, 0.5) is 22.7 Å². The van der Waals surface area contributed by atoms with Crippen LogP contribution in [0, 0.1) is 0 Å². The molecule has 2 amide bonds. The molecule has 1 aromatic heterocycles. The van der Waals surface area contributed by atoms with Gasteiger partial charge in [-0.1, -0.05) is 133 Å². The molecule has 0 radical (unpaired) electrons. The van der Waals surface area contributed by atoms with Crippen molar-refractivity contribution in [1.82, 2.24) is 8.75 Å².